The number of carbonyl (C=O) groups excluding carboxylic acids is 1. The largest absolute Gasteiger partial charge is 0.337 e. The molecule has 0 radical (unpaired) electrons. The quantitative estimate of drug-likeness (QED) is 0.709. The SMILES string of the molecule is O=C(CCC1CCCCC1)N1C2CCC1CC(Br)C2. The van der Waals surface area contributed by atoms with Crippen molar-refractivity contribution in [2.24, 2.45) is 5.92 Å². The van der Waals surface area contributed by atoms with Crippen molar-refractivity contribution in [2.75, 3.05) is 0 Å². The van der Waals surface area contributed by atoms with Gasteiger partial charge in [0, 0.05) is 23.3 Å². The molecule has 2 bridgehead atoms. The van der Waals surface area contributed by atoms with E-state index in [9.17, 15) is 4.79 Å². The highest BCUT2D eigenvalue weighted by molar-refractivity contribution is 9.09. The van der Waals surface area contributed by atoms with E-state index < -0.39 is 0 Å². The maximum atomic E-state index is 12.5. The molecular formula is C16H26BrNO. The lowest BCUT2D eigenvalue weighted by atomic mass is 9.86. The van der Waals surface area contributed by atoms with Gasteiger partial charge in [-0.3, -0.25) is 4.79 Å². The van der Waals surface area contributed by atoms with Crippen molar-refractivity contribution in [1.29, 1.82) is 0 Å². The minimum atomic E-state index is 0.456. The fourth-order valence-electron chi connectivity index (χ4n) is 4.45. The van der Waals surface area contributed by atoms with Crippen LogP contribution in [0.4, 0.5) is 0 Å². The summed E-state index contributed by atoms with van der Waals surface area (Å²) in [7, 11) is 0. The van der Waals surface area contributed by atoms with Crippen LogP contribution in [0.1, 0.15) is 70.6 Å². The number of carbonyl (C=O) groups is 1. The first-order valence-electron chi connectivity index (χ1n) is 8.19. The Hall–Kier alpha value is -0.0500. The molecule has 2 atom stereocenters. The molecule has 2 saturated heterocycles. The normalized spacial score (nSPS) is 35.6. The van der Waals surface area contributed by atoms with Crippen molar-refractivity contribution >= 4 is 21.8 Å². The zero-order chi connectivity index (χ0) is 13.2. The van der Waals surface area contributed by atoms with Crippen LogP contribution < -0.4 is 0 Å². The zero-order valence-electron chi connectivity index (χ0n) is 11.8. The predicted molar refractivity (Wildman–Crippen MR) is 81.4 cm³/mol. The van der Waals surface area contributed by atoms with Crippen LogP contribution in [-0.4, -0.2) is 27.7 Å². The summed E-state index contributed by atoms with van der Waals surface area (Å²) in [5.41, 5.74) is 0. The lowest BCUT2D eigenvalue weighted by molar-refractivity contribution is -0.135. The second-order valence-corrected chi connectivity index (χ2v) is 8.09. The van der Waals surface area contributed by atoms with Crippen LogP contribution in [0, 0.1) is 5.92 Å². The van der Waals surface area contributed by atoms with Gasteiger partial charge < -0.3 is 4.90 Å². The molecule has 3 fully saturated rings. The van der Waals surface area contributed by atoms with E-state index in [0.29, 0.717) is 22.8 Å². The molecule has 19 heavy (non-hydrogen) atoms. The Morgan fingerprint density at radius 1 is 1.00 bits per heavy atom. The van der Waals surface area contributed by atoms with Gasteiger partial charge in [-0.05, 0) is 38.0 Å². The summed E-state index contributed by atoms with van der Waals surface area (Å²) in [4.78, 5) is 15.4. The lowest BCUT2D eigenvalue weighted by Crippen LogP contribution is -2.46. The third-order valence-corrected chi connectivity index (χ3v) is 6.20. The van der Waals surface area contributed by atoms with Crippen LogP contribution in [-0.2, 0) is 4.79 Å². The Morgan fingerprint density at radius 3 is 2.26 bits per heavy atom. The van der Waals surface area contributed by atoms with Crippen LogP contribution in [0.15, 0.2) is 0 Å². The highest BCUT2D eigenvalue weighted by atomic mass is 79.9. The fourth-order valence-corrected chi connectivity index (χ4v) is 5.31. The van der Waals surface area contributed by atoms with Crippen LogP contribution in [0.5, 0.6) is 0 Å². The number of hydrogen-bond donors (Lipinski definition) is 0. The van der Waals surface area contributed by atoms with Gasteiger partial charge in [-0.2, -0.15) is 0 Å². The predicted octanol–water partition coefficient (Wildman–Crippen LogP) is 4.26. The number of alkyl halides is 1. The van der Waals surface area contributed by atoms with Crippen LogP contribution in [0.3, 0.4) is 0 Å². The minimum Gasteiger partial charge on any atom is -0.337 e. The second-order valence-electron chi connectivity index (χ2n) is 6.80. The average molecular weight is 328 g/mol. The Labute approximate surface area is 125 Å². The summed E-state index contributed by atoms with van der Waals surface area (Å²) < 4.78 is 0. The first kappa shape index (κ1) is 13.9. The van der Waals surface area contributed by atoms with Crippen LogP contribution in [0.2, 0.25) is 0 Å². The third kappa shape index (κ3) is 3.17. The highest BCUT2D eigenvalue weighted by Gasteiger charge is 2.42. The molecule has 0 aromatic carbocycles. The number of rotatable bonds is 3. The van der Waals surface area contributed by atoms with Gasteiger partial charge in [-0.25, -0.2) is 0 Å². The van der Waals surface area contributed by atoms with Gasteiger partial charge in [0.15, 0.2) is 0 Å². The molecule has 1 saturated carbocycles. The van der Waals surface area contributed by atoms with Gasteiger partial charge >= 0.3 is 0 Å². The van der Waals surface area contributed by atoms with Crippen molar-refractivity contribution in [3.8, 4) is 0 Å². The van der Waals surface area contributed by atoms with Crippen molar-refractivity contribution < 1.29 is 4.79 Å². The van der Waals surface area contributed by atoms with E-state index in [-0.39, 0.29) is 0 Å². The number of hydrogen-bond acceptors (Lipinski definition) is 1. The summed E-state index contributed by atoms with van der Waals surface area (Å²) in [6, 6.07) is 1.09. The summed E-state index contributed by atoms with van der Waals surface area (Å²) in [6.45, 7) is 0. The third-order valence-electron chi connectivity index (χ3n) is 5.45. The number of amides is 1. The summed E-state index contributed by atoms with van der Waals surface area (Å²) >= 11 is 3.75. The highest BCUT2D eigenvalue weighted by Crippen LogP contribution is 2.39. The lowest BCUT2D eigenvalue weighted by Gasteiger charge is -2.37. The van der Waals surface area contributed by atoms with Gasteiger partial charge in [-0.15, -0.1) is 0 Å². The number of fused-ring (bicyclic) bond motifs is 2. The van der Waals surface area contributed by atoms with Crippen LogP contribution in [0.25, 0.3) is 0 Å². The molecule has 0 spiro atoms. The van der Waals surface area contributed by atoms with Crippen LogP contribution >= 0.6 is 15.9 Å². The minimum absolute atomic E-state index is 0.456. The Kier molecular flexibility index (Phi) is 4.51. The van der Waals surface area contributed by atoms with Crippen molar-refractivity contribution in [3.63, 3.8) is 0 Å². The van der Waals surface area contributed by atoms with E-state index in [1.807, 2.05) is 0 Å². The van der Waals surface area contributed by atoms with E-state index in [1.165, 1.54) is 57.8 Å². The summed E-state index contributed by atoms with van der Waals surface area (Å²) in [5, 5.41) is 0. The molecule has 3 rings (SSSR count). The molecule has 1 amide bonds. The van der Waals surface area contributed by atoms with Crippen molar-refractivity contribution in [3.05, 3.63) is 0 Å². The monoisotopic (exact) mass is 327 g/mol. The van der Waals surface area contributed by atoms with E-state index >= 15 is 0 Å². The molecule has 0 aromatic rings. The summed E-state index contributed by atoms with van der Waals surface area (Å²) in [6.07, 6.45) is 13.7. The van der Waals surface area contributed by atoms with Gasteiger partial charge in [0.05, 0.1) is 0 Å². The summed E-state index contributed by atoms with van der Waals surface area (Å²) in [5.74, 6) is 1.29. The number of piperidine rings is 1. The van der Waals surface area contributed by atoms with E-state index in [4.69, 9.17) is 0 Å². The van der Waals surface area contributed by atoms with E-state index in [1.54, 1.807) is 0 Å². The molecule has 2 unspecified atom stereocenters. The smallest absolute Gasteiger partial charge is 0.223 e. The molecule has 2 heterocycles. The first-order valence-corrected chi connectivity index (χ1v) is 9.11. The average Bonchev–Trinajstić information content (AvgIpc) is 2.70. The fraction of sp³-hybridized carbons (Fsp3) is 0.938. The van der Waals surface area contributed by atoms with Gasteiger partial charge in [0.1, 0.15) is 0 Å². The van der Waals surface area contributed by atoms with Gasteiger partial charge in [0.25, 0.3) is 0 Å². The molecule has 108 valence electrons. The number of nitrogens with zero attached hydrogens (tertiary/aromatic N) is 1. The van der Waals surface area contributed by atoms with Crippen molar-refractivity contribution in [2.45, 2.75) is 87.5 Å². The van der Waals surface area contributed by atoms with E-state index in [0.717, 1.165) is 18.8 Å². The molecule has 0 N–H and O–H groups in total. The van der Waals surface area contributed by atoms with E-state index in [2.05, 4.69) is 20.8 Å². The molecule has 2 nitrogen and oxygen atoms in total. The molecular weight excluding hydrogens is 302 g/mol. The molecule has 3 aliphatic rings. The standard InChI is InChI=1S/C16H26BrNO/c17-13-10-14-7-8-15(11-13)18(14)16(19)9-6-12-4-2-1-3-5-12/h12-15H,1-11H2. The maximum absolute atomic E-state index is 12.5. The molecule has 0 aromatic heterocycles. The molecule has 2 aliphatic heterocycles. The Bertz CT molecular complexity index is 313. The topological polar surface area (TPSA) is 20.3 Å². The first-order chi connectivity index (χ1) is 9.24. The van der Waals surface area contributed by atoms with Crippen molar-refractivity contribution in [1.82, 2.24) is 4.90 Å². The maximum Gasteiger partial charge on any atom is 0.223 e. The Balaban J connectivity index is 1.50. The molecule has 1 aliphatic carbocycles. The van der Waals surface area contributed by atoms with Gasteiger partial charge in [-0.1, -0.05) is 48.0 Å². The zero-order valence-corrected chi connectivity index (χ0v) is 13.4. The second kappa shape index (κ2) is 6.15. The van der Waals surface area contributed by atoms with Gasteiger partial charge in [0.2, 0.25) is 5.91 Å². The Morgan fingerprint density at radius 2 is 1.63 bits per heavy atom. The number of halogens is 1. The molecule has 3 heteroatoms.